The zero-order valence-electron chi connectivity index (χ0n) is 22.4. The van der Waals surface area contributed by atoms with Crippen LogP contribution in [0, 0.1) is 0 Å². The molecular weight excluding hydrogens is 638 g/mol. The van der Waals surface area contributed by atoms with E-state index >= 15 is 0 Å². The number of halogens is 4. The van der Waals surface area contributed by atoms with Gasteiger partial charge in [0.1, 0.15) is 48.1 Å². The predicted octanol–water partition coefficient (Wildman–Crippen LogP) is -3.36. The van der Waals surface area contributed by atoms with Crippen molar-refractivity contribution in [3.63, 3.8) is 0 Å². The number of hydrogen-bond acceptors (Lipinski definition) is 10. The molecule has 16 heteroatoms. The van der Waals surface area contributed by atoms with E-state index in [1.54, 1.807) is 0 Å². The molecule has 220 valence electrons. The van der Waals surface area contributed by atoms with Crippen molar-refractivity contribution in [3.05, 3.63) is 21.4 Å². The first-order valence-electron chi connectivity index (χ1n) is 12.7. The molecule has 3 saturated heterocycles. The van der Waals surface area contributed by atoms with E-state index in [9.17, 15) is 9.59 Å². The van der Waals surface area contributed by atoms with Crippen LogP contribution in [0.1, 0.15) is 20.7 Å². The first-order chi connectivity index (χ1) is 18.3. The van der Waals surface area contributed by atoms with Gasteiger partial charge in [0, 0.05) is 0 Å². The summed E-state index contributed by atoms with van der Waals surface area (Å²) in [5.74, 6) is 1.31. The molecule has 0 amide bonds. The van der Waals surface area contributed by atoms with Crippen LogP contribution in [0.3, 0.4) is 0 Å². The topological polar surface area (TPSA) is 92.2 Å². The van der Waals surface area contributed by atoms with Crippen molar-refractivity contribution in [3.8, 4) is 0 Å². The van der Waals surface area contributed by atoms with E-state index in [0.717, 1.165) is 100 Å². The number of anilines is 2. The van der Waals surface area contributed by atoms with E-state index in [1.165, 1.54) is 23.5 Å². The van der Waals surface area contributed by atoms with E-state index in [1.807, 2.05) is 12.5 Å². The van der Waals surface area contributed by atoms with Gasteiger partial charge in [-0.1, -0.05) is 46.7 Å². The van der Waals surface area contributed by atoms with Crippen LogP contribution in [0.2, 0.25) is 10.3 Å². The van der Waals surface area contributed by atoms with Crippen molar-refractivity contribution in [2.45, 2.75) is 10.3 Å². The Hall–Kier alpha value is -1.12. The summed E-state index contributed by atoms with van der Waals surface area (Å²) in [7, 11) is 0. The van der Waals surface area contributed by atoms with E-state index in [2.05, 4.69) is 29.7 Å². The minimum absolute atomic E-state index is 0. The molecule has 2 aromatic heterocycles. The Bertz CT molecular complexity index is 1120. The molecule has 0 bridgehead atoms. The van der Waals surface area contributed by atoms with Gasteiger partial charge >= 0.3 is 0 Å². The molecule has 2 spiro atoms. The Kier molecular flexibility index (Phi) is 11.6. The fourth-order valence-corrected chi connectivity index (χ4v) is 7.10. The summed E-state index contributed by atoms with van der Waals surface area (Å²) in [5.41, 5.74) is 0.762. The number of rotatable bonds is 6. The second-order valence-electron chi connectivity index (χ2n) is 10.2. The van der Waals surface area contributed by atoms with Gasteiger partial charge in [-0.05, 0) is 12.5 Å². The second-order valence-corrected chi connectivity index (χ2v) is 12.4. The first kappa shape index (κ1) is 33.4. The Morgan fingerprint density at radius 2 is 0.950 bits per heavy atom. The summed E-state index contributed by atoms with van der Waals surface area (Å²) in [6.07, 6.45) is 5.35. The second kappa shape index (κ2) is 13.9. The zero-order valence-corrected chi connectivity index (χ0v) is 27.0. The number of thioether (sulfide) groups is 2. The molecule has 0 unspecified atom stereocenters. The highest BCUT2D eigenvalue weighted by Gasteiger charge is 2.45. The van der Waals surface area contributed by atoms with E-state index in [0.29, 0.717) is 33.1 Å². The Balaban J connectivity index is 0.00000220. The number of aromatic nitrogens is 4. The lowest BCUT2D eigenvalue weighted by atomic mass is 10.1. The van der Waals surface area contributed by atoms with Gasteiger partial charge in [0.15, 0.2) is 22.9 Å². The van der Waals surface area contributed by atoms with Crippen molar-refractivity contribution >= 4 is 70.9 Å². The van der Waals surface area contributed by atoms with Crippen molar-refractivity contribution in [1.29, 1.82) is 0 Å². The third-order valence-corrected chi connectivity index (χ3v) is 10.1. The van der Waals surface area contributed by atoms with E-state index < -0.39 is 0 Å². The lowest BCUT2D eigenvalue weighted by Gasteiger charge is -2.54. The molecule has 0 saturated carbocycles. The van der Waals surface area contributed by atoms with Gasteiger partial charge in [-0.25, -0.2) is 19.9 Å². The monoisotopic (exact) mass is 668 g/mol. The third-order valence-electron chi connectivity index (χ3n) is 8.39. The molecule has 2 aromatic rings. The Morgan fingerprint density at radius 1 is 0.625 bits per heavy atom. The summed E-state index contributed by atoms with van der Waals surface area (Å²) >= 11 is 15.4. The average Bonchev–Trinajstić information content (AvgIpc) is 2.95. The highest BCUT2D eigenvalue weighted by atomic mass is 35.5. The van der Waals surface area contributed by atoms with Gasteiger partial charge in [0.2, 0.25) is 0 Å². The molecule has 5 heterocycles. The number of carbonyl (C=O) groups excluding carboxylic acids is 2. The maximum absolute atomic E-state index is 11.7. The van der Waals surface area contributed by atoms with Gasteiger partial charge in [0.25, 0.3) is 0 Å². The molecular formula is C24H32Cl4N8O2S2. The molecule has 10 nitrogen and oxygen atoms in total. The predicted molar refractivity (Wildman–Crippen MR) is 152 cm³/mol. The average molecular weight is 671 g/mol. The summed E-state index contributed by atoms with van der Waals surface area (Å²) in [4.78, 5) is 45.5. The molecule has 0 aliphatic carbocycles. The maximum atomic E-state index is 11.7. The van der Waals surface area contributed by atoms with Crippen molar-refractivity contribution < 1.29 is 43.4 Å². The van der Waals surface area contributed by atoms with Crippen LogP contribution >= 0.6 is 46.7 Å². The van der Waals surface area contributed by atoms with Crippen LogP contribution in [-0.2, 0) is 0 Å². The van der Waals surface area contributed by atoms with Crippen LogP contribution in [0.5, 0.6) is 0 Å². The maximum Gasteiger partial charge on any atom is 0.190 e. The summed E-state index contributed by atoms with van der Waals surface area (Å²) in [6.45, 7) is 12.1. The highest BCUT2D eigenvalue weighted by Crippen LogP contribution is 2.31. The van der Waals surface area contributed by atoms with Crippen molar-refractivity contribution in [2.75, 3.05) is 101 Å². The number of hydrogen-bond donors (Lipinski definition) is 0. The van der Waals surface area contributed by atoms with Crippen LogP contribution in [0.15, 0.2) is 10.3 Å². The van der Waals surface area contributed by atoms with Gasteiger partial charge in [-0.3, -0.25) is 9.59 Å². The smallest absolute Gasteiger partial charge is 0.190 e. The Labute approximate surface area is 265 Å². The summed E-state index contributed by atoms with van der Waals surface area (Å²) < 4.78 is 2.22. The molecule has 0 radical (unpaired) electrons. The van der Waals surface area contributed by atoms with Gasteiger partial charge < -0.3 is 43.6 Å². The zero-order chi connectivity index (χ0) is 26.9. The molecule has 0 N–H and O–H groups in total. The van der Waals surface area contributed by atoms with E-state index in [4.69, 9.17) is 23.2 Å². The molecule has 0 atom stereocenters. The number of carbonyl (C=O) groups is 2. The SMILES string of the molecule is CSc1nc(Cl)c(C=O)c(N2CC[N+]3(CC2)CC[N+]2(CCN(c4nc(SC)nc(Cl)c4C=O)CC2)CC3)n1.[Cl-].[Cl-]. The molecule has 0 aromatic carbocycles. The minimum Gasteiger partial charge on any atom is -1.00 e. The largest absolute Gasteiger partial charge is 1.00 e. The molecule has 3 aliphatic rings. The van der Waals surface area contributed by atoms with E-state index in [-0.39, 0.29) is 35.1 Å². The molecule has 3 aliphatic heterocycles. The number of piperazine rings is 3. The summed E-state index contributed by atoms with van der Waals surface area (Å²) in [5, 5.41) is 1.62. The highest BCUT2D eigenvalue weighted by molar-refractivity contribution is 7.98. The third kappa shape index (κ3) is 6.59. The molecule has 40 heavy (non-hydrogen) atoms. The lowest BCUT2D eigenvalue weighted by Crippen LogP contribution is -3.00. The van der Waals surface area contributed by atoms with Crippen LogP contribution < -0.4 is 34.6 Å². The van der Waals surface area contributed by atoms with Crippen LogP contribution in [0.4, 0.5) is 11.6 Å². The Morgan fingerprint density at radius 3 is 1.23 bits per heavy atom. The van der Waals surface area contributed by atoms with Crippen molar-refractivity contribution in [2.24, 2.45) is 0 Å². The van der Waals surface area contributed by atoms with Gasteiger partial charge in [-0.2, -0.15) is 0 Å². The quantitative estimate of drug-likeness (QED) is 0.102. The number of aldehydes is 2. The fraction of sp³-hybridized carbons (Fsp3) is 0.583. The lowest BCUT2D eigenvalue weighted by molar-refractivity contribution is -1.03. The van der Waals surface area contributed by atoms with Crippen LogP contribution in [0.25, 0.3) is 0 Å². The molecule has 5 rings (SSSR count). The normalized spacial score (nSPS) is 19.6. The number of nitrogens with zero attached hydrogens (tertiary/aromatic N) is 8. The van der Waals surface area contributed by atoms with Gasteiger partial charge in [0.05, 0.1) is 63.5 Å². The minimum atomic E-state index is 0. The molecule has 3 fully saturated rings. The van der Waals surface area contributed by atoms with Crippen LogP contribution in [-0.4, -0.2) is 133 Å². The summed E-state index contributed by atoms with van der Waals surface area (Å²) in [6, 6.07) is 0. The van der Waals surface area contributed by atoms with Crippen molar-refractivity contribution in [1.82, 2.24) is 19.9 Å². The fourth-order valence-electron chi connectivity index (χ4n) is 5.86. The van der Waals surface area contributed by atoms with Gasteiger partial charge in [-0.15, -0.1) is 0 Å². The number of quaternary nitrogens is 2. The standard InChI is InChI=1S/C24H32Cl2N8O2S2.2ClH/c1-37-23-27-19(25)17(15-35)21(29-23)31-3-7-33(8-4-31)11-13-34(14-12-33)9-5-32(6-10-34)22-18(16-36)20(26)28-24(30-22)38-2;;/h15-16H,3-14H2,1-2H3;2*1H/q+2;;/p-2. The first-order valence-corrected chi connectivity index (χ1v) is 15.9.